The van der Waals surface area contributed by atoms with Gasteiger partial charge in [0, 0.05) is 12.1 Å². The maximum Gasteiger partial charge on any atom is 0.305 e. The lowest BCUT2D eigenvalue weighted by Gasteiger charge is -2.35. The molecule has 1 heterocycles. The predicted octanol–water partition coefficient (Wildman–Crippen LogP) is 1.41. The van der Waals surface area contributed by atoms with Gasteiger partial charge < -0.3 is 24.2 Å². The molecule has 1 fully saturated rings. The smallest absolute Gasteiger partial charge is 0.305 e. The Balaban J connectivity index is 2.22. The van der Waals surface area contributed by atoms with Gasteiger partial charge in [0.2, 0.25) is 0 Å². The molecule has 1 aliphatic rings. The van der Waals surface area contributed by atoms with E-state index >= 15 is 0 Å². The quantitative estimate of drug-likeness (QED) is 0.852. The first-order chi connectivity index (χ1) is 11.1. The first kappa shape index (κ1) is 17.1. The Bertz CT molecular complexity index is 574. The normalized spacial score (nSPS) is 17.7. The van der Waals surface area contributed by atoms with Crippen molar-refractivity contribution in [1.29, 1.82) is 0 Å². The molecule has 1 aromatic carbocycles. The van der Waals surface area contributed by atoms with Crippen LogP contribution in [0, 0.1) is 0 Å². The molecule has 1 unspecified atom stereocenters. The summed E-state index contributed by atoms with van der Waals surface area (Å²) in [6, 6.07) is 4.48. The molecule has 1 saturated heterocycles. The van der Waals surface area contributed by atoms with Crippen molar-refractivity contribution in [1.82, 2.24) is 4.90 Å². The third kappa shape index (κ3) is 4.13. The Morgan fingerprint density at radius 3 is 2.83 bits per heavy atom. The number of methoxy groups -OCH3 is 1. The molecular formula is C16H21NO6. The summed E-state index contributed by atoms with van der Waals surface area (Å²) in [5, 5.41) is 8.98. The highest BCUT2D eigenvalue weighted by molar-refractivity contribution is 5.95. The number of ether oxygens (including phenoxy) is 3. The fourth-order valence-corrected chi connectivity index (χ4v) is 2.53. The van der Waals surface area contributed by atoms with Gasteiger partial charge in [0.25, 0.3) is 5.91 Å². The van der Waals surface area contributed by atoms with Crippen LogP contribution in [0.1, 0.15) is 23.7 Å². The van der Waals surface area contributed by atoms with Crippen molar-refractivity contribution in [2.24, 2.45) is 0 Å². The zero-order chi connectivity index (χ0) is 16.8. The predicted molar refractivity (Wildman–Crippen MR) is 82.1 cm³/mol. The van der Waals surface area contributed by atoms with Gasteiger partial charge >= 0.3 is 5.97 Å². The molecule has 1 aliphatic heterocycles. The number of amides is 1. The third-order valence-electron chi connectivity index (χ3n) is 3.61. The van der Waals surface area contributed by atoms with Gasteiger partial charge in [-0.3, -0.25) is 9.59 Å². The number of benzene rings is 1. The van der Waals surface area contributed by atoms with Gasteiger partial charge in [0.1, 0.15) is 0 Å². The Kier molecular flexibility index (Phi) is 5.81. The summed E-state index contributed by atoms with van der Waals surface area (Å²) in [4.78, 5) is 25.2. The Morgan fingerprint density at radius 2 is 2.17 bits per heavy atom. The molecule has 0 bridgehead atoms. The van der Waals surface area contributed by atoms with E-state index in [1.54, 1.807) is 23.1 Å². The topological polar surface area (TPSA) is 85.3 Å². The molecule has 7 heteroatoms. The Hall–Kier alpha value is -2.28. The molecule has 7 nitrogen and oxygen atoms in total. The minimum atomic E-state index is -0.956. The van der Waals surface area contributed by atoms with Crippen molar-refractivity contribution < 1.29 is 28.9 Å². The number of carbonyl (C=O) groups is 2. The van der Waals surface area contributed by atoms with Gasteiger partial charge in [-0.2, -0.15) is 0 Å². The van der Waals surface area contributed by atoms with Crippen LogP contribution in [0.15, 0.2) is 18.2 Å². The summed E-state index contributed by atoms with van der Waals surface area (Å²) in [7, 11) is 1.51. The molecular weight excluding hydrogens is 302 g/mol. The number of hydrogen-bond acceptors (Lipinski definition) is 5. The van der Waals surface area contributed by atoms with E-state index in [2.05, 4.69) is 0 Å². The molecule has 1 N–H and O–H groups in total. The highest BCUT2D eigenvalue weighted by atomic mass is 16.5. The van der Waals surface area contributed by atoms with E-state index in [1.165, 1.54) is 7.11 Å². The molecule has 1 aromatic rings. The molecule has 0 aromatic heterocycles. The first-order valence-corrected chi connectivity index (χ1v) is 7.48. The molecule has 23 heavy (non-hydrogen) atoms. The van der Waals surface area contributed by atoms with Crippen LogP contribution in [0.25, 0.3) is 0 Å². The van der Waals surface area contributed by atoms with Crippen LogP contribution in [-0.4, -0.2) is 61.4 Å². The number of rotatable bonds is 6. The summed E-state index contributed by atoms with van der Waals surface area (Å²) in [6.07, 6.45) is -0.139. The molecule has 1 atom stereocenters. The van der Waals surface area contributed by atoms with Crippen LogP contribution in [0.3, 0.4) is 0 Å². The van der Waals surface area contributed by atoms with Crippen molar-refractivity contribution in [2.45, 2.75) is 19.4 Å². The summed E-state index contributed by atoms with van der Waals surface area (Å²) in [5.74, 6) is -0.153. The van der Waals surface area contributed by atoms with Crippen molar-refractivity contribution in [2.75, 3.05) is 33.5 Å². The second kappa shape index (κ2) is 7.82. The summed E-state index contributed by atoms with van der Waals surface area (Å²) < 4.78 is 16.0. The third-order valence-corrected chi connectivity index (χ3v) is 3.61. The lowest BCUT2D eigenvalue weighted by Crippen LogP contribution is -2.49. The summed E-state index contributed by atoms with van der Waals surface area (Å²) in [5.41, 5.74) is 0.433. The molecule has 126 valence electrons. The van der Waals surface area contributed by atoms with Gasteiger partial charge in [-0.05, 0) is 25.1 Å². The Morgan fingerprint density at radius 1 is 1.39 bits per heavy atom. The zero-order valence-corrected chi connectivity index (χ0v) is 13.3. The fraction of sp³-hybridized carbons (Fsp3) is 0.500. The van der Waals surface area contributed by atoms with Gasteiger partial charge in [0.05, 0.1) is 39.4 Å². The highest BCUT2D eigenvalue weighted by Gasteiger charge is 2.30. The number of morpholine rings is 1. The standard InChI is InChI=1S/C16H21NO6/c1-3-23-13-5-4-11(8-14(13)21-2)16(20)17-6-7-22-10-12(17)9-15(18)19/h4-5,8,12H,3,6-7,9-10H2,1-2H3,(H,18,19). The second-order valence-electron chi connectivity index (χ2n) is 5.12. The van der Waals surface area contributed by atoms with E-state index in [1.807, 2.05) is 6.92 Å². The Labute approximate surface area is 134 Å². The van der Waals surface area contributed by atoms with E-state index in [4.69, 9.17) is 19.3 Å². The van der Waals surface area contributed by atoms with Crippen LogP contribution in [-0.2, 0) is 9.53 Å². The molecule has 0 saturated carbocycles. The number of aliphatic carboxylic acids is 1. The van der Waals surface area contributed by atoms with E-state index < -0.39 is 12.0 Å². The van der Waals surface area contributed by atoms with Crippen LogP contribution in [0.4, 0.5) is 0 Å². The van der Waals surface area contributed by atoms with Crippen LogP contribution >= 0.6 is 0 Å². The minimum Gasteiger partial charge on any atom is -0.493 e. The van der Waals surface area contributed by atoms with E-state index in [9.17, 15) is 9.59 Å². The van der Waals surface area contributed by atoms with Crippen LogP contribution in [0.2, 0.25) is 0 Å². The van der Waals surface area contributed by atoms with Gasteiger partial charge in [-0.15, -0.1) is 0 Å². The van der Waals surface area contributed by atoms with Crippen molar-refractivity contribution in [3.05, 3.63) is 23.8 Å². The number of carboxylic acid groups (broad SMARTS) is 1. The highest BCUT2D eigenvalue weighted by Crippen LogP contribution is 2.29. The average Bonchev–Trinajstić information content (AvgIpc) is 2.55. The maximum atomic E-state index is 12.7. The van der Waals surface area contributed by atoms with E-state index in [0.29, 0.717) is 36.8 Å². The molecule has 2 rings (SSSR count). The second-order valence-corrected chi connectivity index (χ2v) is 5.12. The summed E-state index contributed by atoms with van der Waals surface area (Å²) in [6.45, 7) is 3.35. The summed E-state index contributed by atoms with van der Waals surface area (Å²) >= 11 is 0. The van der Waals surface area contributed by atoms with E-state index in [0.717, 1.165) is 0 Å². The molecule has 0 radical (unpaired) electrons. The average molecular weight is 323 g/mol. The number of hydrogen-bond donors (Lipinski definition) is 1. The molecule has 0 aliphatic carbocycles. The van der Waals surface area contributed by atoms with Crippen molar-refractivity contribution in [3.8, 4) is 11.5 Å². The van der Waals surface area contributed by atoms with Gasteiger partial charge in [0.15, 0.2) is 11.5 Å². The van der Waals surface area contributed by atoms with E-state index in [-0.39, 0.29) is 18.9 Å². The first-order valence-electron chi connectivity index (χ1n) is 7.48. The number of carboxylic acids is 1. The zero-order valence-electron chi connectivity index (χ0n) is 13.3. The van der Waals surface area contributed by atoms with Crippen LogP contribution < -0.4 is 9.47 Å². The minimum absolute atomic E-state index is 0.139. The largest absolute Gasteiger partial charge is 0.493 e. The van der Waals surface area contributed by atoms with Crippen molar-refractivity contribution in [3.63, 3.8) is 0 Å². The van der Waals surface area contributed by atoms with Gasteiger partial charge in [-0.25, -0.2) is 0 Å². The van der Waals surface area contributed by atoms with Crippen LogP contribution in [0.5, 0.6) is 11.5 Å². The molecule has 0 spiro atoms. The fourth-order valence-electron chi connectivity index (χ4n) is 2.53. The van der Waals surface area contributed by atoms with Crippen molar-refractivity contribution >= 4 is 11.9 Å². The van der Waals surface area contributed by atoms with Gasteiger partial charge in [-0.1, -0.05) is 0 Å². The SMILES string of the molecule is CCOc1ccc(C(=O)N2CCOCC2CC(=O)O)cc1OC. The maximum absolute atomic E-state index is 12.7. The lowest BCUT2D eigenvalue weighted by atomic mass is 10.1. The number of carbonyl (C=O) groups excluding carboxylic acids is 1. The monoisotopic (exact) mass is 323 g/mol. The molecule has 1 amide bonds. The lowest BCUT2D eigenvalue weighted by molar-refractivity contribution is -0.139. The number of nitrogens with zero attached hydrogens (tertiary/aromatic N) is 1.